The summed E-state index contributed by atoms with van der Waals surface area (Å²) in [6.45, 7) is -0.404. The van der Waals surface area contributed by atoms with Gasteiger partial charge in [-0.25, -0.2) is 4.79 Å². The van der Waals surface area contributed by atoms with Crippen LogP contribution in [0.3, 0.4) is 0 Å². The number of nitro benzene ring substituents is 1. The molecule has 3 aliphatic rings. The zero-order valence-electron chi connectivity index (χ0n) is 19.3. The maximum Gasteiger partial charge on any atom is 0.415 e. The average Bonchev–Trinajstić information content (AvgIpc) is 3.65. The van der Waals surface area contributed by atoms with Gasteiger partial charge in [-0.1, -0.05) is 41.9 Å². The molecule has 2 aromatic rings. The Hall–Kier alpha value is -4.51. The molecule has 0 saturated carbocycles. The first-order valence-corrected chi connectivity index (χ1v) is 10.9. The van der Waals surface area contributed by atoms with Gasteiger partial charge < -0.3 is 24.1 Å². The maximum atomic E-state index is 13.4. The SMILES string of the molecule is COc1cc(COC(=O)N2c3ccccc3[C@@]34O[C@H]3[C@@H]2C#C/C=C/C#C[C@@H]4O)c([N+](=O)[O-])cc1OC. The zero-order chi connectivity index (χ0) is 25.4. The van der Waals surface area contributed by atoms with Crippen LogP contribution < -0.4 is 14.4 Å². The van der Waals surface area contributed by atoms with Crippen molar-refractivity contribution >= 4 is 17.5 Å². The molecule has 4 atom stereocenters. The van der Waals surface area contributed by atoms with Crippen LogP contribution in [0.25, 0.3) is 0 Å². The third-order valence-corrected chi connectivity index (χ3v) is 6.27. The number of para-hydroxylation sites is 1. The number of allylic oxidation sites excluding steroid dienone is 2. The smallest absolute Gasteiger partial charge is 0.415 e. The number of ether oxygens (including phenoxy) is 4. The van der Waals surface area contributed by atoms with E-state index in [0.29, 0.717) is 11.3 Å². The molecule has 0 aromatic heterocycles. The molecule has 1 amide bonds. The third kappa shape index (κ3) is 3.60. The molecular formula is C26H20N2O8. The summed E-state index contributed by atoms with van der Waals surface area (Å²) in [5.41, 5.74) is -0.253. The number of aliphatic hydroxyl groups is 1. The number of nitro groups is 1. The van der Waals surface area contributed by atoms with Crippen molar-refractivity contribution in [2.45, 2.75) is 30.5 Å². The second-order valence-corrected chi connectivity index (χ2v) is 8.12. The lowest BCUT2D eigenvalue weighted by Gasteiger charge is -2.35. The Balaban J connectivity index is 1.50. The quantitative estimate of drug-likeness (QED) is 0.295. The molecule has 2 heterocycles. The molecule has 0 spiro atoms. The second kappa shape index (κ2) is 8.93. The van der Waals surface area contributed by atoms with Crippen LogP contribution in [0.2, 0.25) is 0 Å². The summed E-state index contributed by atoms with van der Waals surface area (Å²) in [6.07, 6.45) is 0.473. The first kappa shape index (κ1) is 23.2. The first-order valence-electron chi connectivity index (χ1n) is 10.9. The third-order valence-electron chi connectivity index (χ3n) is 6.27. The van der Waals surface area contributed by atoms with Gasteiger partial charge in [-0.3, -0.25) is 15.0 Å². The largest absolute Gasteiger partial charge is 0.493 e. The number of hydrogen-bond acceptors (Lipinski definition) is 8. The second-order valence-electron chi connectivity index (χ2n) is 8.12. The van der Waals surface area contributed by atoms with Crippen LogP contribution in [0.5, 0.6) is 11.5 Å². The zero-order valence-corrected chi connectivity index (χ0v) is 19.3. The van der Waals surface area contributed by atoms with Gasteiger partial charge in [-0.2, -0.15) is 0 Å². The van der Waals surface area contributed by atoms with E-state index >= 15 is 0 Å². The van der Waals surface area contributed by atoms with Crippen molar-refractivity contribution in [3.8, 4) is 35.2 Å². The molecule has 2 aromatic carbocycles. The van der Waals surface area contributed by atoms with Crippen LogP contribution in [0.15, 0.2) is 48.6 Å². The number of nitrogens with zero attached hydrogens (tertiary/aromatic N) is 2. The summed E-state index contributed by atoms with van der Waals surface area (Å²) < 4.78 is 21.9. The fraction of sp³-hybridized carbons (Fsp3) is 0.269. The van der Waals surface area contributed by atoms with Gasteiger partial charge in [-0.15, -0.1) is 0 Å². The number of aliphatic hydroxyl groups excluding tert-OH is 1. The number of rotatable bonds is 5. The molecule has 5 rings (SSSR count). The van der Waals surface area contributed by atoms with E-state index in [-0.39, 0.29) is 22.7 Å². The van der Waals surface area contributed by atoms with E-state index in [9.17, 15) is 20.0 Å². The first-order chi connectivity index (χ1) is 17.4. The van der Waals surface area contributed by atoms with Crippen molar-refractivity contribution in [1.82, 2.24) is 0 Å². The Morgan fingerprint density at radius 1 is 1.17 bits per heavy atom. The van der Waals surface area contributed by atoms with Crippen molar-refractivity contribution in [2.75, 3.05) is 19.1 Å². The summed E-state index contributed by atoms with van der Waals surface area (Å²) in [5.74, 6) is 11.8. The predicted octanol–water partition coefficient (Wildman–Crippen LogP) is 2.67. The number of methoxy groups -OCH3 is 2. The number of anilines is 1. The Morgan fingerprint density at radius 3 is 2.58 bits per heavy atom. The topological polar surface area (TPSA) is 124 Å². The minimum absolute atomic E-state index is 0.124. The molecule has 1 saturated heterocycles. The van der Waals surface area contributed by atoms with E-state index in [1.165, 1.54) is 43.4 Å². The van der Waals surface area contributed by atoms with Crippen molar-refractivity contribution in [2.24, 2.45) is 0 Å². The van der Waals surface area contributed by atoms with Crippen LogP contribution in [0, 0.1) is 33.8 Å². The highest BCUT2D eigenvalue weighted by Crippen LogP contribution is 2.58. The Labute approximate surface area is 206 Å². The summed E-state index contributed by atoms with van der Waals surface area (Å²) in [7, 11) is 2.77. The maximum absolute atomic E-state index is 13.4. The molecule has 0 unspecified atom stereocenters. The number of fused-ring (bicyclic) bond motifs is 1. The fourth-order valence-corrected chi connectivity index (χ4v) is 4.57. The highest BCUT2D eigenvalue weighted by Gasteiger charge is 2.70. The molecular weight excluding hydrogens is 468 g/mol. The van der Waals surface area contributed by atoms with Crippen LogP contribution in [0.1, 0.15) is 11.1 Å². The highest BCUT2D eigenvalue weighted by molar-refractivity contribution is 5.92. The van der Waals surface area contributed by atoms with Gasteiger partial charge in [0.25, 0.3) is 5.69 Å². The molecule has 1 fully saturated rings. The van der Waals surface area contributed by atoms with Gasteiger partial charge in [0.05, 0.1) is 36.5 Å². The van der Waals surface area contributed by atoms with E-state index in [0.717, 1.165) is 0 Å². The Kier molecular flexibility index (Phi) is 5.77. The predicted molar refractivity (Wildman–Crippen MR) is 126 cm³/mol. The van der Waals surface area contributed by atoms with Gasteiger partial charge in [0, 0.05) is 5.56 Å². The minimum Gasteiger partial charge on any atom is -0.493 e. The number of epoxide rings is 1. The van der Waals surface area contributed by atoms with Crippen LogP contribution >= 0.6 is 0 Å². The lowest BCUT2D eigenvalue weighted by Crippen LogP contribution is -2.50. The van der Waals surface area contributed by atoms with Gasteiger partial charge in [-0.05, 0) is 24.3 Å². The lowest BCUT2D eigenvalue weighted by molar-refractivity contribution is -0.385. The standard InChI is InChI=1S/C26H20N2O8/c1-33-21-13-16(20(28(31)32)14-22(21)34-2)15-35-25(30)27-18-10-8-7-9-17(18)26-23(29)12-6-4-3-5-11-19(27)24(26)36-26/h3-4,7-10,13-14,19,23-24,29H,15H2,1-2H3/b4-3+/t19-,23-,24-,26-/m0/s1. The number of amides is 1. The monoisotopic (exact) mass is 488 g/mol. The molecule has 10 nitrogen and oxygen atoms in total. The lowest BCUT2D eigenvalue weighted by atomic mass is 9.82. The van der Waals surface area contributed by atoms with Gasteiger partial charge in [0.1, 0.15) is 18.8 Å². The van der Waals surface area contributed by atoms with Gasteiger partial charge in [0.15, 0.2) is 23.2 Å². The molecule has 36 heavy (non-hydrogen) atoms. The van der Waals surface area contributed by atoms with E-state index < -0.39 is 41.5 Å². The molecule has 2 bridgehead atoms. The molecule has 0 radical (unpaired) electrons. The van der Waals surface area contributed by atoms with Crippen LogP contribution in [0.4, 0.5) is 16.2 Å². The van der Waals surface area contributed by atoms with Crippen molar-refractivity contribution in [3.05, 3.63) is 69.8 Å². The molecule has 182 valence electrons. The summed E-state index contributed by atoms with van der Waals surface area (Å²) >= 11 is 0. The minimum atomic E-state index is -1.14. The van der Waals surface area contributed by atoms with Gasteiger partial charge >= 0.3 is 6.09 Å². The normalized spacial score (nSPS) is 25.4. The molecule has 1 aliphatic carbocycles. The highest BCUT2D eigenvalue weighted by atomic mass is 16.6. The summed E-state index contributed by atoms with van der Waals surface area (Å²) in [6, 6.07) is 8.79. The number of hydrogen-bond donors (Lipinski definition) is 1. The summed E-state index contributed by atoms with van der Waals surface area (Å²) in [5, 5.41) is 22.5. The van der Waals surface area contributed by atoms with E-state index in [2.05, 4.69) is 23.7 Å². The number of carbonyl (C=O) groups excluding carboxylic acids is 1. The average molecular weight is 488 g/mol. The molecule has 10 heteroatoms. The van der Waals surface area contributed by atoms with E-state index in [1.54, 1.807) is 24.3 Å². The van der Waals surface area contributed by atoms with Crippen LogP contribution in [-0.4, -0.2) is 48.6 Å². The molecule has 2 aliphatic heterocycles. The summed E-state index contributed by atoms with van der Waals surface area (Å²) in [4.78, 5) is 25.8. The number of benzene rings is 2. The van der Waals surface area contributed by atoms with Crippen molar-refractivity contribution in [3.63, 3.8) is 0 Å². The Bertz CT molecular complexity index is 1410. The fourth-order valence-electron chi connectivity index (χ4n) is 4.57. The van der Waals surface area contributed by atoms with E-state index in [1.807, 2.05) is 0 Å². The van der Waals surface area contributed by atoms with E-state index in [4.69, 9.17) is 18.9 Å². The van der Waals surface area contributed by atoms with Crippen molar-refractivity contribution in [1.29, 1.82) is 0 Å². The van der Waals surface area contributed by atoms with Gasteiger partial charge in [0.2, 0.25) is 0 Å². The number of carbonyl (C=O) groups is 1. The Morgan fingerprint density at radius 2 is 1.86 bits per heavy atom. The van der Waals surface area contributed by atoms with Crippen molar-refractivity contribution < 1.29 is 33.8 Å². The van der Waals surface area contributed by atoms with Crippen LogP contribution in [-0.2, 0) is 21.7 Å². The molecule has 1 N–H and O–H groups in total.